The van der Waals surface area contributed by atoms with Gasteiger partial charge in [-0.2, -0.15) is 4.98 Å². The number of hydrogen-bond acceptors (Lipinski definition) is 4. The smallest absolute Gasteiger partial charge is 0.258 e. The zero-order valence-electron chi connectivity index (χ0n) is 19.3. The van der Waals surface area contributed by atoms with E-state index < -0.39 is 0 Å². The van der Waals surface area contributed by atoms with Gasteiger partial charge >= 0.3 is 0 Å². The quantitative estimate of drug-likeness (QED) is 0.312. The number of hydrogen-bond donors (Lipinski definition) is 1. The number of benzene rings is 2. The summed E-state index contributed by atoms with van der Waals surface area (Å²) < 4.78 is 19.4. The largest absolute Gasteiger partial charge is 0.351 e. The van der Waals surface area contributed by atoms with Crippen LogP contribution in [0, 0.1) is 5.82 Å². The number of allylic oxidation sites excluding steroid dienone is 1. The van der Waals surface area contributed by atoms with Crippen molar-refractivity contribution in [2.75, 3.05) is 6.54 Å². The summed E-state index contributed by atoms with van der Waals surface area (Å²) in [7, 11) is 0. The summed E-state index contributed by atoms with van der Waals surface area (Å²) in [4.78, 5) is 6.84. The molecule has 1 N–H and O–H groups in total. The molecule has 1 atom stereocenters. The number of halogens is 1. The van der Waals surface area contributed by atoms with Crippen LogP contribution in [0.3, 0.4) is 0 Å². The molecule has 0 saturated heterocycles. The fourth-order valence-corrected chi connectivity index (χ4v) is 4.44. The van der Waals surface area contributed by atoms with Crippen molar-refractivity contribution in [1.82, 2.24) is 20.4 Å². The molecule has 2 heterocycles. The first-order valence-electron chi connectivity index (χ1n) is 11.5. The van der Waals surface area contributed by atoms with E-state index in [0.29, 0.717) is 16.8 Å². The van der Waals surface area contributed by atoms with E-state index in [9.17, 15) is 4.39 Å². The molecular weight excluding hydrogens is 435 g/mol. The van der Waals surface area contributed by atoms with E-state index in [0.717, 1.165) is 54.6 Å². The summed E-state index contributed by atoms with van der Waals surface area (Å²) >= 11 is 5.70. The Morgan fingerprint density at radius 1 is 1.06 bits per heavy atom. The molecule has 33 heavy (non-hydrogen) atoms. The molecule has 1 aromatic heterocycles. The minimum Gasteiger partial charge on any atom is -0.351 e. The third-order valence-electron chi connectivity index (χ3n) is 6.06. The van der Waals surface area contributed by atoms with Crippen LogP contribution >= 0.6 is 12.2 Å². The second-order valence-electron chi connectivity index (χ2n) is 8.27. The molecule has 0 bridgehead atoms. The maximum absolute atomic E-state index is 13.6. The highest BCUT2D eigenvalue weighted by atomic mass is 32.1. The average Bonchev–Trinajstić information content (AvgIpc) is 3.31. The van der Waals surface area contributed by atoms with Gasteiger partial charge in [-0.05, 0) is 55.2 Å². The third kappa shape index (κ3) is 4.98. The van der Waals surface area contributed by atoms with Crippen molar-refractivity contribution < 1.29 is 8.91 Å². The van der Waals surface area contributed by atoms with Crippen molar-refractivity contribution in [2.45, 2.75) is 52.5 Å². The van der Waals surface area contributed by atoms with Crippen LogP contribution in [0.15, 0.2) is 58.8 Å². The predicted molar refractivity (Wildman–Crippen MR) is 133 cm³/mol. The Bertz CT molecular complexity index is 1140. The van der Waals surface area contributed by atoms with Crippen LogP contribution in [0.5, 0.6) is 0 Å². The van der Waals surface area contributed by atoms with Gasteiger partial charge in [-0.3, -0.25) is 0 Å². The molecule has 0 saturated carbocycles. The fourth-order valence-electron chi connectivity index (χ4n) is 4.09. The number of nitrogens with zero attached hydrogens (tertiary/aromatic N) is 3. The normalized spacial score (nSPS) is 16.3. The molecule has 0 spiro atoms. The van der Waals surface area contributed by atoms with E-state index in [1.165, 1.54) is 17.7 Å². The molecule has 0 radical (unpaired) electrons. The van der Waals surface area contributed by atoms with Crippen LogP contribution in [0.4, 0.5) is 4.39 Å². The summed E-state index contributed by atoms with van der Waals surface area (Å²) in [6.07, 6.45) is 4.26. The molecule has 0 aliphatic carbocycles. The van der Waals surface area contributed by atoms with E-state index in [4.69, 9.17) is 21.7 Å². The Morgan fingerprint density at radius 2 is 1.79 bits per heavy atom. The lowest BCUT2D eigenvalue weighted by atomic mass is 9.94. The van der Waals surface area contributed by atoms with E-state index >= 15 is 0 Å². The molecule has 1 unspecified atom stereocenters. The summed E-state index contributed by atoms with van der Waals surface area (Å²) in [5.74, 6) is 0.694. The van der Waals surface area contributed by atoms with Gasteiger partial charge in [-0.1, -0.05) is 68.2 Å². The van der Waals surface area contributed by atoms with Gasteiger partial charge < -0.3 is 14.7 Å². The molecule has 0 fully saturated rings. The van der Waals surface area contributed by atoms with Gasteiger partial charge in [0.2, 0.25) is 5.82 Å². The third-order valence-corrected chi connectivity index (χ3v) is 6.40. The van der Waals surface area contributed by atoms with Crippen LogP contribution in [0.2, 0.25) is 0 Å². The van der Waals surface area contributed by atoms with Crippen molar-refractivity contribution in [3.63, 3.8) is 0 Å². The molecule has 2 aromatic carbocycles. The van der Waals surface area contributed by atoms with Gasteiger partial charge in [0.05, 0.1) is 11.6 Å². The Morgan fingerprint density at radius 3 is 2.45 bits per heavy atom. The van der Waals surface area contributed by atoms with Crippen LogP contribution in [0.1, 0.15) is 63.1 Å². The summed E-state index contributed by atoms with van der Waals surface area (Å²) in [5, 5.41) is 8.32. The van der Waals surface area contributed by atoms with Crippen molar-refractivity contribution in [2.24, 2.45) is 0 Å². The minimum absolute atomic E-state index is 0.281. The second-order valence-corrected chi connectivity index (χ2v) is 8.65. The van der Waals surface area contributed by atoms with Gasteiger partial charge in [0.25, 0.3) is 5.89 Å². The van der Waals surface area contributed by atoms with Gasteiger partial charge in [-0.25, -0.2) is 4.39 Å². The zero-order valence-corrected chi connectivity index (χ0v) is 20.1. The fraction of sp³-hybridized carbons (Fsp3) is 0.346. The second kappa shape index (κ2) is 10.3. The monoisotopic (exact) mass is 464 g/mol. The van der Waals surface area contributed by atoms with E-state index in [1.54, 1.807) is 12.1 Å². The molecule has 7 heteroatoms. The molecule has 1 aliphatic heterocycles. The standard InChI is InChI=1S/C26H29FN4OS/c1-4-6-7-16-31-17(3)22(23(28-26(31)33)19-12-14-21(27)15-13-19)25-29-24(30-32-25)20-10-8-18(5-2)9-11-20/h8-15,23H,4-7,16H2,1-3H3,(H,28,33). The highest BCUT2D eigenvalue weighted by Gasteiger charge is 2.33. The maximum atomic E-state index is 13.6. The maximum Gasteiger partial charge on any atom is 0.258 e. The molecule has 1 aliphatic rings. The van der Waals surface area contributed by atoms with Crippen molar-refractivity contribution >= 4 is 22.9 Å². The number of thiocarbonyl (C=S) groups is 1. The van der Waals surface area contributed by atoms with E-state index in [2.05, 4.69) is 41.4 Å². The van der Waals surface area contributed by atoms with E-state index in [-0.39, 0.29) is 11.9 Å². The summed E-state index contributed by atoms with van der Waals surface area (Å²) in [6.45, 7) is 7.15. The van der Waals surface area contributed by atoms with Gasteiger partial charge in [0.15, 0.2) is 5.11 Å². The topological polar surface area (TPSA) is 54.2 Å². The molecule has 5 nitrogen and oxygen atoms in total. The van der Waals surface area contributed by atoms with Crippen LogP contribution < -0.4 is 5.32 Å². The van der Waals surface area contributed by atoms with Crippen LogP contribution in [-0.2, 0) is 6.42 Å². The average molecular weight is 465 g/mol. The van der Waals surface area contributed by atoms with E-state index in [1.807, 2.05) is 19.1 Å². The van der Waals surface area contributed by atoms with Crippen LogP contribution in [-0.4, -0.2) is 26.7 Å². The summed E-state index contributed by atoms with van der Waals surface area (Å²) in [6, 6.07) is 14.3. The summed E-state index contributed by atoms with van der Waals surface area (Å²) in [5.41, 5.74) is 4.87. The number of aryl methyl sites for hydroxylation is 1. The lowest BCUT2D eigenvalue weighted by Crippen LogP contribution is -2.46. The number of aromatic nitrogens is 2. The first-order valence-corrected chi connectivity index (χ1v) is 11.9. The number of unbranched alkanes of at least 4 members (excludes halogenated alkanes) is 2. The van der Waals surface area contributed by atoms with Crippen molar-refractivity contribution in [1.29, 1.82) is 0 Å². The molecular formula is C26H29FN4OS. The SMILES string of the molecule is CCCCCN1C(=S)NC(c2ccc(F)cc2)C(c2nc(-c3ccc(CC)cc3)no2)=C1C. The predicted octanol–water partition coefficient (Wildman–Crippen LogP) is 6.29. The highest BCUT2D eigenvalue weighted by molar-refractivity contribution is 7.80. The number of rotatable bonds is 8. The van der Waals surface area contributed by atoms with Crippen molar-refractivity contribution in [3.05, 3.63) is 77.1 Å². The molecule has 3 aromatic rings. The Balaban J connectivity index is 1.74. The van der Waals surface area contributed by atoms with Crippen molar-refractivity contribution in [3.8, 4) is 11.4 Å². The Hall–Kier alpha value is -3.06. The molecule has 172 valence electrons. The van der Waals surface area contributed by atoms with Gasteiger partial charge in [0.1, 0.15) is 5.82 Å². The zero-order chi connectivity index (χ0) is 23.4. The highest BCUT2D eigenvalue weighted by Crippen LogP contribution is 2.37. The first kappa shape index (κ1) is 23.1. The van der Waals surface area contributed by atoms with Gasteiger partial charge in [-0.15, -0.1) is 0 Å². The minimum atomic E-state index is -0.309. The van der Waals surface area contributed by atoms with Crippen LogP contribution in [0.25, 0.3) is 17.0 Å². The number of nitrogens with one attached hydrogen (secondary N) is 1. The van der Waals surface area contributed by atoms with Gasteiger partial charge in [0, 0.05) is 17.8 Å². The Kier molecular flexibility index (Phi) is 7.18. The first-order chi connectivity index (χ1) is 16.0. The Labute approximate surface area is 199 Å². The molecule has 0 amide bonds. The lowest BCUT2D eigenvalue weighted by molar-refractivity contribution is 0.395. The molecule has 4 rings (SSSR count). The lowest BCUT2D eigenvalue weighted by Gasteiger charge is -2.37.